The Morgan fingerprint density at radius 2 is 1.90 bits per heavy atom. The molecule has 3 rings (SSSR count). The SMILES string of the molecule is COc1cccc(-c2c([N+](=O)[O-])n(C)c3ccccc23)c1. The summed E-state index contributed by atoms with van der Waals surface area (Å²) < 4.78 is 6.83. The molecule has 0 fully saturated rings. The van der Waals surface area contributed by atoms with Crippen molar-refractivity contribution in [1.82, 2.24) is 4.57 Å². The van der Waals surface area contributed by atoms with Crippen molar-refractivity contribution in [2.24, 2.45) is 7.05 Å². The highest BCUT2D eigenvalue weighted by atomic mass is 16.6. The van der Waals surface area contributed by atoms with E-state index in [1.54, 1.807) is 18.7 Å². The molecular weight excluding hydrogens is 268 g/mol. The van der Waals surface area contributed by atoms with E-state index < -0.39 is 0 Å². The summed E-state index contributed by atoms with van der Waals surface area (Å²) in [6.07, 6.45) is 0. The zero-order chi connectivity index (χ0) is 15.0. The minimum absolute atomic E-state index is 0.0875. The van der Waals surface area contributed by atoms with Crippen LogP contribution in [0, 0.1) is 10.1 Å². The zero-order valence-corrected chi connectivity index (χ0v) is 11.7. The summed E-state index contributed by atoms with van der Waals surface area (Å²) in [4.78, 5) is 11.2. The van der Waals surface area contributed by atoms with E-state index in [0.717, 1.165) is 16.5 Å². The first-order chi connectivity index (χ1) is 10.1. The molecule has 0 atom stereocenters. The van der Waals surface area contributed by atoms with Gasteiger partial charge in [0.1, 0.15) is 11.3 Å². The number of hydrogen-bond donors (Lipinski definition) is 0. The zero-order valence-electron chi connectivity index (χ0n) is 11.7. The van der Waals surface area contributed by atoms with E-state index in [1.165, 1.54) is 0 Å². The van der Waals surface area contributed by atoms with Crippen molar-refractivity contribution in [3.63, 3.8) is 0 Å². The number of ether oxygens (including phenoxy) is 1. The van der Waals surface area contributed by atoms with Crippen LogP contribution in [0.2, 0.25) is 0 Å². The molecule has 0 unspecified atom stereocenters. The van der Waals surface area contributed by atoms with E-state index in [2.05, 4.69) is 0 Å². The third-order valence-electron chi connectivity index (χ3n) is 3.61. The number of rotatable bonds is 3. The van der Waals surface area contributed by atoms with Gasteiger partial charge in [-0.1, -0.05) is 24.3 Å². The van der Waals surface area contributed by atoms with Gasteiger partial charge in [0.15, 0.2) is 0 Å². The maximum absolute atomic E-state index is 11.5. The van der Waals surface area contributed by atoms with Crippen molar-refractivity contribution < 1.29 is 9.66 Å². The van der Waals surface area contributed by atoms with Crippen LogP contribution in [0.3, 0.4) is 0 Å². The Kier molecular flexibility index (Phi) is 3.10. The largest absolute Gasteiger partial charge is 0.497 e. The van der Waals surface area contributed by atoms with Crippen molar-refractivity contribution in [2.45, 2.75) is 0 Å². The van der Waals surface area contributed by atoms with Gasteiger partial charge in [-0.15, -0.1) is 0 Å². The summed E-state index contributed by atoms with van der Waals surface area (Å²) in [7, 11) is 3.29. The summed E-state index contributed by atoms with van der Waals surface area (Å²) in [6, 6.07) is 14.9. The lowest BCUT2D eigenvalue weighted by atomic mass is 10.0. The van der Waals surface area contributed by atoms with Gasteiger partial charge < -0.3 is 14.9 Å². The Morgan fingerprint density at radius 3 is 2.62 bits per heavy atom. The normalized spacial score (nSPS) is 10.8. The molecule has 0 aliphatic heterocycles. The second-order valence-corrected chi connectivity index (χ2v) is 4.76. The van der Waals surface area contributed by atoms with Crippen molar-refractivity contribution in [2.75, 3.05) is 7.11 Å². The summed E-state index contributed by atoms with van der Waals surface area (Å²) in [5, 5.41) is 12.4. The van der Waals surface area contributed by atoms with Crippen molar-refractivity contribution >= 4 is 16.7 Å². The summed E-state index contributed by atoms with van der Waals surface area (Å²) >= 11 is 0. The van der Waals surface area contributed by atoms with Crippen LogP contribution in [0.5, 0.6) is 5.75 Å². The Hall–Kier alpha value is -2.82. The van der Waals surface area contributed by atoms with Gasteiger partial charge in [0.2, 0.25) is 0 Å². The topological polar surface area (TPSA) is 57.3 Å². The number of fused-ring (bicyclic) bond motifs is 1. The van der Waals surface area contributed by atoms with Crippen LogP contribution in [-0.4, -0.2) is 16.6 Å². The van der Waals surface area contributed by atoms with Crippen molar-refractivity contribution in [1.29, 1.82) is 0 Å². The molecule has 5 heteroatoms. The molecule has 0 radical (unpaired) electrons. The van der Waals surface area contributed by atoms with Gasteiger partial charge in [0.05, 0.1) is 19.7 Å². The van der Waals surface area contributed by atoms with Gasteiger partial charge in [-0.3, -0.25) is 0 Å². The van der Waals surface area contributed by atoms with Crippen molar-refractivity contribution in [3.8, 4) is 16.9 Å². The molecule has 21 heavy (non-hydrogen) atoms. The van der Waals surface area contributed by atoms with Crippen LogP contribution in [0.25, 0.3) is 22.0 Å². The lowest BCUT2D eigenvalue weighted by Crippen LogP contribution is -1.98. The average Bonchev–Trinajstić information content (AvgIpc) is 2.81. The Bertz CT molecular complexity index is 837. The summed E-state index contributed by atoms with van der Waals surface area (Å²) in [5.74, 6) is 0.763. The quantitative estimate of drug-likeness (QED) is 0.543. The van der Waals surface area contributed by atoms with E-state index in [1.807, 2.05) is 48.5 Å². The van der Waals surface area contributed by atoms with Gasteiger partial charge in [-0.2, -0.15) is 0 Å². The van der Waals surface area contributed by atoms with Gasteiger partial charge in [-0.25, -0.2) is 4.57 Å². The number of methoxy groups -OCH3 is 1. The molecule has 1 aromatic heterocycles. The second-order valence-electron chi connectivity index (χ2n) is 4.76. The molecular formula is C16H14N2O3. The molecule has 1 heterocycles. The van der Waals surface area contributed by atoms with Gasteiger partial charge >= 0.3 is 5.82 Å². The van der Waals surface area contributed by atoms with E-state index in [4.69, 9.17) is 4.74 Å². The molecule has 5 nitrogen and oxygen atoms in total. The third kappa shape index (κ3) is 2.03. The number of nitro groups is 1. The molecule has 3 aromatic rings. The molecule has 0 N–H and O–H groups in total. The standard InChI is InChI=1S/C16H14N2O3/c1-17-14-9-4-3-8-13(14)15(16(17)18(19)20)11-6-5-7-12(10-11)21-2/h3-10H,1-2H3. The van der Waals surface area contributed by atoms with E-state index >= 15 is 0 Å². The number of aromatic nitrogens is 1. The smallest absolute Gasteiger partial charge is 0.331 e. The highest BCUT2D eigenvalue weighted by Gasteiger charge is 2.25. The van der Waals surface area contributed by atoms with E-state index in [-0.39, 0.29) is 10.7 Å². The maximum Gasteiger partial charge on any atom is 0.331 e. The monoisotopic (exact) mass is 282 g/mol. The molecule has 0 amide bonds. The molecule has 0 aliphatic rings. The number of hydrogen-bond acceptors (Lipinski definition) is 3. The fourth-order valence-electron chi connectivity index (χ4n) is 2.66. The lowest BCUT2D eigenvalue weighted by molar-refractivity contribution is -0.390. The van der Waals surface area contributed by atoms with Crippen LogP contribution in [0.15, 0.2) is 48.5 Å². The minimum atomic E-state index is -0.338. The first kappa shape index (κ1) is 13.2. The van der Waals surface area contributed by atoms with Gasteiger partial charge in [0, 0.05) is 5.39 Å². The van der Waals surface area contributed by atoms with E-state index in [0.29, 0.717) is 11.3 Å². The van der Waals surface area contributed by atoms with E-state index in [9.17, 15) is 10.1 Å². The van der Waals surface area contributed by atoms with Crippen LogP contribution < -0.4 is 4.74 Å². The molecule has 0 aliphatic carbocycles. The van der Waals surface area contributed by atoms with Gasteiger partial charge in [0.25, 0.3) is 0 Å². The molecule has 0 spiro atoms. The predicted octanol–water partition coefficient (Wildman–Crippen LogP) is 3.76. The van der Waals surface area contributed by atoms with Gasteiger partial charge in [-0.05, 0) is 34.8 Å². The molecule has 0 saturated heterocycles. The fraction of sp³-hybridized carbons (Fsp3) is 0.125. The molecule has 106 valence electrons. The molecule has 2 aromatic carbocycles. The van der Waals surface area contributed by atoms with Crippen LogP contribution >= 0.6 is 0 Å². The first-order valence-electron chi connectivity index (χ1n) is 6.49. The van der Waals surface area contributed by atoms with Crippen LogP contribution in [-0.2, 0) is 7.05 Å². The third-order valence-corrected chi connectivity index (χ3v) is 3.61. The van der Waals surface area contributed by atoms with Crippen molar-refractivity contribution in [3.05, 3.63) is 58.6 Å². The fourth-order valence-corrected chi connectivity index (χ4v) is 2.66. The maximum atomic E-state index is 11.5. The number of benzene rings is 2. The number of para-hydroxylation sites is 1. The van der Waals surface area contributed by atoms with Crippen LogP contribution in [0.4, 0.5) is 5.82 Å². The predicted molar refractivity (Wildman–Crippen MR) is 81.6 cm³/mol. The molecule has 0 saturated carbocycles. The Balaban J connectivity index is 2.39. The highest BCUT2D eigenvalue weighted by molar-refractivity contribution is 6.01. The Morgan fingerprint density at radius 1 is 1.14 bits per heavy atom. The lowest BCUT2D eigenvalue weighted by Gasteiger charge is -2.04. The Labute approximate surface area is 121 Å². The number of aryl methyl sites for hydroxylation is 1. The summed E-state index contributed by atoms with van der Waals surface area (Å²) in [6.45, 7) is 0. The summed E-state index contributed by atoms with van der Waals surface area (Å²) in [5.41, 5.74) is 2.23. The first-order valence-corrected chi connectivity index (χ1v) is 6.49. The van der Waals surface area contributed by atoms with Crippen LogP contribution in [0.1, 0.15) is 0 Å². The minimum Gasteiger partial charge on any atom is -0.497 e. The average molecular weight is 282 g/mol. The second kappa shape index (κ2) is 4.94. The highest BCUT2D eigenvalue weighted by Crippen LogP contribution is 2.39. The number of nitrogens with zero attached hydrogens (tertiary/aromatic N) is 2. The molecule has 0 bridgehead atoms.